The molecule has 0 saturated carbocycles. The SMILES string of the molecule is CCOC(=O)C1=NOC(COCc2ccccc2)(OCCn2cc[n+](C)c2)C1. The second-order valence-corrected chi connectivity index (χ2v) is 6.58. The Morgan fingerprint density at radius 3 is 2.89 bits per heavy atom. The number of aryl methyl sites for hydroxylation is 1. The van der Waals surface area contributed by atoms with E-state index in [1.807, 2.05) is 65.2 Å². The number of ether oxygens (including phenoxy) is 3. The lowest BCUT2D eigenvalue weighted by Crippen LogP contribution is -2.40. The van der Waals surface area contributed by atoms with E-state index in [9.17, 15) is 4.79 Å². The lowest BCUT2D eigenvalue weighted by atomic mass is 10.1. The van der Waals surface area contributed by atoms with Crippen LogP contribution in [-0.2, 0) is 44.0 Å². The summed E-state index contributed by atoms with van der Waals surface area (Å²) in [6, 6.07) is 9.83. The molecule has 0 aliphatic carbocycles. The highest BCUT2D eigenvalue weighted by Crippen LogP contribution is 2.27. The lowest BCUT2D eigenvalue weighted by Gasteiger charge is -2.26. The number of aromatic nitrogens is 2. The van der Waals surface area contributed by atoms with Gasteiger partial charge in [-0.25, -0.2) is 13.9 Å². The van der Waals surface area contributed by atoms with Crippen molar-refractivity contribution >= 4 is 11.7 Å². The summed E-state index contributed by atoms with van der Waals surface area (Å²) in [4.78, 5) is 17.5. The van der Waals surface area contributed by atoms with Crippen LogP contribution in [0.5, 0.6) is 0 Å². The van der Waals surface area contributed by atoms with E-state index in [0.717, 1.165) is 5.56 Å². The minimum absolute atomic E-state index is 0.147. The quantitative estimate of drug-likeness (QED) is 0.456. The number of nitrogens with zero attached hydrogens (tertiary/aromatic N) is 3. The molecule has 0 saturated heterocycles. The molecule has 0 N–H and O–H groups in total. The van der Waals surface area contributed by atoms with Crippen molar-refractivity contribution in [1.29, 1.82) is 0 Å². The van der Waals surface area contributed by atoms with Crippen molar-refractivity contribution in [2.75, 3.05) is 19.8 Å². The molecule has 1 aliphatic heterocycles. The van der Waals surface area contributed by atoms with Gasteiger partial charge in [0, 0.05) is 0 Å². The molecule has 28 heavy (non-hydrogen) atoms. The maximum absolute atomic E-state index is 12.0. The van der Waals surface area contributed by atoms with Crippen LogP contribution >= 0.6 is 0 Å². The van der Waals surface area contributed by atoms with Crippen molar-refractivity contribution in [2.24, 2.45) is 12.2 Å². The Labute approximate surface area is 164 Å². The Morgan fingerprint density at radius 2 is 2.18 bits per heavy atom. The lowest BCUT2D eigenvalue weighted by molar-refractivity contribution is -0.671. The molecule has 1 atom stereocenters. The first kappa shape index (κ1) is 20.0. The number of esters is 1. The molecule has 0 bridgehead atoms. The van der Waals surface area contributed by atoms with Gasteiger partial charge in [-0.2, -0.15) is 0 Å². The molecule has 0 amide bonds. The van der Waals surface area contributed by atoms with E-state index in [2.05, 4.69) is 5.16 Å². The summed E-state index contributed by atoms with van der Waals surface area (Å²) in [5.41, 5.74) is 1.25. The van der Waals surface area contributed by atoms with E-state index in [4.69, 9.17) is 19.0 Å². The molecule has 2 heterocycles. The Bertz CT molecular complexity index is 805. The minimum atomic E-state index is -1.13. The molecule has 0 radical (unpaired) electrons. The van der Waals surface area contributed by atoms with E-state index in [1.54, 1.807) is 6.92 Å². The average molecular weight is 388 g/mol. The number of carbonyl (C=O) groups is 1. The molecule has 1 unspecified atom stereocenters. The maximum atomic E-state index is 12.0. The van der Waals surface area contributed by atoms with Crippen LogP contribution in [-0.4, -0.2) is 41.9 Å². The highest BCUT2D eigenvalue weighted by Gasteiger charge is 2.43. The van der Waals surface area contributed by atoms with Crippen molar-refractivity contribution in [2.45, 2.75) is 32.3 Å². The van der Waals surface area contributed by atoms with Gasteiger partial charge in [0.2, 0.25) is 6.33 Å². The summed E-state index contributed by atoms with van der Waals surface area (Å²) >= 11 is 0. The number of rotatable bonds is 10. The average Bonchev–Trinajstić information content (AvgIpc) is 3.30. The van der Waals surface area contributed by atoms with Crippen molar-refractivity contribution < 1.29 is 28.4 Å². The molecule has 0 fully saturated rings. The van der Waals surface area contributed by atoms with Crippen molar-refractivity contribution in [1.82, 2.24) is 4.57 Å². The van der Waals surface area contributed by atoms with Gasteiger partial charge in [0.05, 0.1) is 33.3 Å². The monoisotopic (exact) mass is 388 g/mol. The summed E-state index contributed by atoms with van der Waals surface area (Å²) in [6.07, 6.45) is 6.04. The Balaban J connectivity index is 1.58. The Morgan fingerprint density at radius 1 is 1.36 bits per heavy atom. The number of benzene rings is 1. The van der Waals surface area contributed by atoms with Gasteiger partial charge < -0.3 is 19.0 Å². The summed E-state index contributed by atoms with van der Waals surface area (Å²) in [6.45, 7) is 3.61. The zero-order valence-corrected chi connectivity index (χ0v) is 16.2. The first-order valence-corrected chi connectivity index (χ1v) is 9.29. The third-order valence-corrected chi connectivity index (χ3v) is 4.24. The zero-order valence-electron chi connectivity index (χ0n) is 16.2. The number of oxime groups is 1. The van der Waals surface area contributed by atoms with E-state index >= 15 is 0 Å². The number of carbonyl (C=O) groups excluding carboxylic acids is 1. The fraction of sp³-hybridized carbons (Fsp3) is 0.450. The third kappa shape index (κ3) is 5.40. The van der Waals surface area contributed by atoms with Crippen LogP contribution in [0, 0.1) is 0 Å². The normalized spacial score (nSPS) is 18.6. The number of hydrogen-bond acceptors (Lipinski definition) is 6. The minimum Gasteiger partial charge on any atom is -0.461 e. The van der Waals surface area contributed by atoms with Crippen LogP contribution in [0.4, 0.5) is 0 Å². The van der Waals surface area contributed by atoms with Crippen LogP contribution in [0.1, 0.15) is 18.9 Å². The molecule has 0 spiro atoms. The first-order chi connectivity index (χ1) is 13.6. The molecule has 2 aromatic rings. The molecular formula is C20H26N3O5+. The molecule has 1 aromatic carbocycles. The van der Waals surface area contributed by atoms with Crippen LogP contribution in [0.3, 0.4) is 0 Å². The predicted molar refractivity (Wildman–Crippen MR) is 100 cm³/mol. The second-order valence-electron chi connectivity index (χ2n) is 6.58. The molecule has 1 aliphatic rings. The van der Waals surface area contributed by atoms with E-state index in [0.29, 0.717) is 19.8 Å². The van der Waals surface area contributed by atoms with Gasteiger partial charge in [-0.3, -0.25) is 0 Å². The predicted octanol–water partition coefficient (Wildman–Crippen LogP) is 1.58. The van der Waals surface area contributed by atoms with E-state index in [-0.39, 0.29) is 25.3 Å². The van der Waals surface area contributed by atoms with Gasteiger partial charge >= 0.3 is 5.97 Å². The van der Waals surface area contributed by atoms with Crippen molar-refractivity contribution in [3.8, 4) is 0 Å². The molecule has 8 nitrogen and oxygen atoms in total. The van der Waals surface area contributed by atoms with Crippen molar-refractivity contribution in [3.05, 3.63) is 54.6 Å². The fourth-order valence-electron chi connectivity index (χ4n) is 2.85. The summed E-state index contributed by atoms with van der Waals surface area (Å²) in [7, 11) is 1.95. The molecule has 150 valence electrons. The molecular weight excluding hydrogens is 362 g/mol. The summed E-state index contributed by atoms with van der Waals surface area (Å²) < 4.78 is 20.8. The first-order valence-electron chi connectivity index (χ1n) is 9.29. The molecule has 1 aromatic heterocycles. The van der Waals surface area contributed by atoms with Gasteiger partial charge in [0.25, 0.3) is 5.79 Å². The third-order valence-electron chi connectivity index (χ3n) is 4.24. The topological polar surface area (TPSA) is 75.2 Å². The highest BCUT2D eigenvalue weighted by atomic mass is 16.8. The van der Waals surface area contributed by atoms with Gasteiger partial charge in [-0.1, -0.05) is 35.5 Å². The van der Waals surface area contributed by atoms with Crippen LogP contribution in [0.25, 0.3) is 0 Å². The van der Waals surface area contributed by atoms with E-state index < -0.39 is 11.8 Å². The second kappa shape index (κ2) is 9.48. The van der Waals surface area contributed by atoms with Gasteiger partial charge in [-0.05, 0) is 12.5 Å². The Kier molecular flexibility index (Phi) is 6.78. The Hall–Kier alpha value is -2.71. The van der Waals surface area contributed by atoms with Gasteiger partial charge in [0.1, 0.15) is 25.5 Å². The highest BCUT2D eigenvalue weighted by molar-refractivity contribution is 6.36. The largest absolute Gasteiger partial charge is 0.461 e. The standard InChI is InChI=1S/C20H26N3O5/c1-3-26-19(24)18-13-20(28-21-18,15-25-14-17-7-5-4-6-8-17)27-12-11-23-10-9-22(2)16-23/h4-10,16H,3,11-15H2,1-2H3/q+1. The summed E-state index contributed by atoms with van der Waals surface area (Å²) in [5.74, 6) is -1.62. The number of imidazole rings is 1. The zero-order chi connectivity index (χ0) is 19.8. The van der Waals surface area contributed by atoms with Crippen molar-refractivity contribution in [3.63, 3.8) is 0 Å². The van der Waals surface area contributed by atoms with Crippen LogP contribution < -0.4 is 4.57 Å². The smallest absolute Gasteiger partial charge is 0.356 e. The maximum Gasteiger partial charge on any atom is 0.356 e. The molecule has 3 rings (SSSR count). The number of hydrogen-bond donors (Lipinski definition) is 0. The summed E-state index contributed by atoms with van der Waals surface area (Å²) in [5, 5.41) is 3.89. The van der Waals surface area contributed by atoms with Gasteiger partial charge in [0.15, 0.2) is 5.71 Å². The van der Waals surface area contributed by atoms with E-state index in [1.165, 1.54) is 0 Å². The van der Waals surface area contributed by atoms with Gasteiger partial charge in [-0.15, -0.1) is 0 Å². The van der Waals surface area contributed by atoms with Crippen LogP contribution in [0.2, 0.25) is 0 Å². The van der Waals surface area contributed by atoms with Crippen LogP contribution in [0.15, 0.2) is 54.2 Å². The fourth-order valence-corrected chi connectivity index (χ4v) is 2.85. The molecule has 8 heteroatoms.